The first kappa shape index (κ1) is 70.0. The fourth-order valence-electron chi connectivity index (χ4n) is 5.92. The average Bonchev–Trinajstić information content (AvgIpc) is 3.45. The molecule has 2 unspecified atom stereocenters. The van der Waals surface area contributed by atoms with Crippen molar-refractivity contribution in [2.75, 3.05) is 23.8 Å². The summed E-state index contributed by atoms with van der Waals surface area (Å²) >= 11 is 1.42. The van der Waals surface area contributed by atoms with Crippen LogP contribution in [-0.2, 0) is 38.4 Å². The summed E-state index contributed by atoms with van der Waals surface area (Å²) in [5.41, 5.74) is -1.57. The van der Waals surface area contributed by atoms with Gasteiger partial charge in [-0.2, -0.15) is 0 Å². The van der Waals surface area contributed by atoms with Crippen molar-refractivity contribution in [2.24, 2.45) is 32.5 Å². The van der Waals surface area contributed by atoms with Crippen LogP contribution in [0.3, 0.4) is 0 Å². The van der Waals surface area contributed by atoms with Gasteiger partial charge in [0.15, 0.2) is 0 Å². The molecule has 0 N–H and O–H groups in total. The molecule has 0 radical (unpaired) electrons. The summed E-state index contributed by atoms with van der Waals surface area (Å²) in [6.07, 6.45) is 8.91. The SMILES string of the molecule is CC(C)(C)C(=O)CCCCCN1C(=O)CC(SCCC(=O)C(C)(C)C)C1=O.CC(C)(CCC(=O)C(C)(C)C)SSCCCC(=O)C(C)(C)C.CC(CCC(=O)C(C)(C)C)SSCCC(=O)C(C)(C)C. The van der Waals surface area contributed by atoms with Gasteiger partial charge in [-0.15, -0.1) is 11.8 Å². The van der Waals surface area contributed by atoms with Gasteiger partial charge in [0.05, 0.1) is 5.25 Å². The normalized spacial score (nSPS) is 15.5. The molecule has 0 aliphatic carbocycles. The van der Waals surface area contributed by atoms with Gasteiger partial charge < -0.3 is 0 Å². The van der Waals surface area contributed by atoms with Crippen LogP contribution < -0.4 is 0 Å². The molecule has 402 valence electrons. The van der Waals surface area contributed by atoms with Crippen molar-refractivity contribution in [3.63, 3.8) is 0 Å². The third-order valence-electron chi connectivity index (χ3n) is 11.4. The van der Waals surface area contributed by atoms with Crippen LogP contribution in [0.4, 0.5) is 0 Å². The number of rotatable bonds is 27. The lowest BCUT2D eigenvalue weighted by Gasteiger charge is -2.25. The lowest BCUT2D eigenvalue weighted by molar-refractivity contribution is -0.138. The summed E-state index contributed by atoms with van der Waals surface area (Å²) in [6.45, 7) is 42.1. The van der Waals surface area contributed by atoms with E-state index < -0.39 is 0 Å². The van der Waals surface area contributed by atoms with Crippen LogP contribution in [0.15, 0.2) is 0 Å². The van der Waals surface area contributed by atoms with Crippen molar-refractivity contribution in [1.82, 2.24) is 4.90 Å². The Morgan fingerprint density at radius 3 is 1.36 bits per heavy atom. The van der Waals surface area contributed by atoms with E-state index in [2.05, 4.69) is 20.8 Å². The first-order valence-electron chi connectivity index (χ1n) is 25.3. The predicted molar refractivity (Wildman–Crippen MR) is 303 cm³/mol. The highest BCUT2D eigenvalue weighted by Crippen LogP contribution is 2.40. The van der Waals surface area contributed by atoms with Gasteiger partial charge in [-0.1, -0.05) is 181 Å². The first-order chi connectivity index (χ1) is 31.0. The number of carbonyl (C=O) groups is 8. The monoisotopic (exact) mass is 1060 g/mol. The van der Waals surface area contributed by atoms with Gasteiger partial charge in [0, 0.05) is 111 Å². The third-order valence-corrected chi connectivity index (χ3v) is 19.1. The molecule has 2 atom stereocenters. The lowest BCUT2D eigenvalue weighted by atomic mass is 9.87. The van der Waals surface area contributed by atoms with Crippen LogP contribution in [0, 0.1) is 32.5 Å². The van der Waals surface area contributed by atoms with Gasteiger partial charge in [-0.05, 0) is 46.0 Å². The number of unbranched alkanes of at least 4 members (excludes halogenated alkanes) is 2. The highest BCUT2D eigenvalue weighted by atomic mass is 33.1. The minimum Gasteiger partial charge on any atom is -0.299 e. The van der Waals surface area contributed by atoms with Crippen LogP contribution in [0.1, 0.15) is 229 Å². The second-order valence-electron chi connectivity index (χ2n) is 25.3. The highest BCUT2D eigenvalue weighted by Gasteiger charge is 2.38. The van der Waals surface area contributed by atoms with Crippen molar-refractivity contribution < 1.29 is 38.4 Å². The second kappa shape index (κ2) is 31.6. The molecule has 9 nitrogen and oxygen atoms in total. The Morgan fingerprint density at radius 1 is 0.493 bits per heavy atom. The van der Waals surface area contributed by atoms with Gasteiger partial charge >= 0.3 is 0 Å². The second-order valence-corrected chi connectivity index (χ2v) is 32.7. The molecular weight excluding hydrogens is 963 g/mol. The number of Topliss-reactive ketones (excluding diaryl/α,β-unsaturated/α-hetero) is 6. The number of amides is 2. The number of carbonyl (C=O) groups excluding carboxylic acids is 8. The zero-order valence-electron chi connectivity index (χ0n) is 47.4. The topological polar surface area (TPSA) is 140 Å². The van der Waals surface area contributed by atoms with Crippen LogP contribution >= 0.6 is 54.9 Å². The minimum absolute atomic E-state index is 0.0968. The molecule has 2 amide bonds. The van der Waals surface area contributed by atoms with E-state index in [0.29, 0.717) is 79.2 Å². The van der Waals surface area contributed by atoms with Gasteiger partial charge in [0.2, 0.25) is 11.8 Å². The van der Waals surface area contributed by atoms with Crippen molar-refractivity contribution in [2.45, 2.75) is 244 Å². The number of ketones is 6. The standard InChI is InChI=1S/C21H35NO4S.C18H34O2S2.C16H30O2S2/c1-20(2,3)16(23)10-8-7-9-12-22-18(25)14-15(19(22)26)27-13-11-17(24)21(4,5)6;1-16(2,3)14(19)10-9-13-21-22-18(7,8)12-11-15(20)17(4,5)6;1-12(8-9-13(17)15(2,3)4)20-19-11-10-14(18)16(5,6)7/h15H,7-14H2,1-6H3;9-13H2,1-8H3;12H,8-11H2,1-7H3. The molecule has 0 aromatic heterocycles. The molecular formula is C55H99NO8S5. The Hall–Kier alpha value is -1.09. The molecule has 1 rings (SSSR count). The van der Waals surface area contributed by atoms with E-state index in [0.717, 1.165) is 50.0 Å². The Labute approximate surface area is 442 Å². The summed E-state index contributed by atoms with van der Waals surface area (Å²) in [6, 6.07) is 0. The zero-order chi connectivity index (χ0) is 54.4. The van der Waals surface area contributed by atoms with Gasteiger partial charge in [-0.3, -0.25) is 43.3 Å². The van der Waals surface area contributed by atoms with Gasteiger partial charge in [0.1, 0.15) is 34.7 Å². The van der Waals surface area contributed by atoms with Gasteiger partial charge in [0.25, 0.3) is 0 Å². The number of nitrogens with zero attached hydrogens (tertiary/aromatic N) is 1. The van der Waals surface area contributed by atoms with E-state index in [-0.39, 0.29) is 72.3 Å². The summed E-state index contributed by atoms with van der Waals surface area (Å²) in [5.74, 6) is 3.92. The minimum atomic E-state index is -0.365. The molecule has 1 heterocycles. The fourth-order valence-corrected chi connectivity index (χ4v) is 12.0. The van der Waals surface area contributed by atoms with E-state index in [1.807, 2.05) is 146 Å². The van der Waals surface area contributed by atoms with E-state index in [4.69, 9.17) is 0 Å². The smallest absolute Gasteiger partial charge is 0.242 e. The maximum atomic E-state index is 12.4. The number of likely N-dealkylation sites (tertiary alicyclic amines) is 1. The molecule has 0 spiro atoms. The van der Waals surface area contributed by atoms with E-state index in [1.54, 1.807) is 21.6 Å². The molecule has 14 heteroatoms. The van der Waals surface area contributed by atoms with E-state index in [1.165, 1.54) is 16.7 Å². The Bertz CT molecular complexity index is 1650. The van der Waals surface area contributed by atoms with Crippen LogP contribution in [0.25, 0.3) is 0 Å². The Kier molecular flexibility index (Phi) is 32.1. The number of imide groups is 1. The lowest BCUT2D eigenvalue weighted by Crippen LogP contribution is -2.32. The molecule has 1 aliphatic heterocycles. The van der Waals surface area contributed by atoms with Crippen molar-refractivity contribution in [1.29, 1.82) is 0 Å². The Balaban J connectivity index is 0. The van der Waals surface area contributed by atoms with Crippen LogP contribution in [0.5, 0.6) is 0 Å². The van der Waals surface area contributed by atoms with E-state index in [9.17, 15) is 38.4 Å². The molecule has 69 heavy (non-hydrogen) atoms. The molecule has 0 aromatic rings. The molecule has 0 saturated carbocycles. The highest BCUT2D eigenvalue weighted by molar-refractivity contribution is 8.77. The van der Waals surface area contributed by atoms with Crippen LogP contribution in [-0.4, -0.2) is 90.5 Å². The van der Waals surface area contributed by atoms with Crippen molar-refractivity contribution in [3.05, 3.63) is 0 Å². The summed E-state index contributed by atoms with van der Waals surface area (Å²) < 4.78 is 0.0968. The molecule has 0 aromatic carbocycles. The number of hydrogen-bond donors (Lipinski definition) is 0. The van der Waals surface area contributed by atoms with E-state index >= 15 is 0 Å². The fraction of sp³-hybridized carbons (Fsp3) is 0.855. The summed E-state index contributed by atoms with van der Waals surface area (Å²) in [5, 5.41) is 0.101. The molecule has 1 saturated heterocycles. The third kappa shape index (κ3) is 33.4. The summed E-state index contributed by atoms with van der Waals surface area (Å²) in [4.78, 5) is 97.2. The molecule has 1 aliphatic rings. The molecule has 0 bridgehead atoms. The van der Waals surface area contributed by atoms with Crippen molar-refractivity contribution in [3.8, 4) is 0 Å². The molecule has 1 fully saturated rings. The van der Waals surface area contributed by atoms with Gasteiger partial charge in [-0.25, -0.2) is 0 Å². The average molecular weight is 1060 g/mol. The zero-order valence-corrected chi connectivity index (χ0v) is 51.5. The maximum absolute atomic E-state index is 12.4. The quantitative estimate of drug-likeness (QED) is 0.0438. The number of hydrogen-bond acceptors (Lipinski definition) is 13. The maximum Gasteiger partial charge on any atom is 0.242 e. The predicted octanol–water partition coefficient (Wildman–Crippen LogP) is 15.1. The van der Waals surface area contributed by atoms with Crippen LogP contribution in [0.2, 0.25) is 0 Å². The number of thioether (sulfide) groups is 1. The van der Waals surface area contributed by atoms with Crippen molar-refractivity contribution >= 4 is 101 Å². The largest absolute Gasteiger partial charge is 0.299 e. The summed E-state index contributed by atoms with van der Waals surface area (Å²) in [7, 11) is 7.21. The first-order valence-corrected chi connectivity index (χ1v) is 31.0. The Morgan fingerprint density at radius 2 is 0.899 bits per heavy atom.